The van der Waals surface area contributed by atoms with Gasteiger partial charge in [-0.3, -0.25) is 9.59 Å². The number of benzene rings is 1. The van der Waals surface area contributed by atoms with Gasteiger partial charge < -0.3 is 15.8 Å². The van der Waals surface area contributed by atoms with E-state index in [-0.39, 0.29) is 23.4 Å². The third-order valence-electron chi connectivity index (χ3n) is 2.52. The monoisotopic (exact) mass is 310 g/mol. The molecule has 0 unspecified atom stereocenters. The maximum Gasteiger partial charge on any atom is 0.316 e. The lowest BCUT2D eigenvalue weighted by molar-refractivity contribution is -0.151. The summed E-state index contributed by atoms with van der Waals surface area (Å²) in [5.41, 5.74) is 7.44. The number of carbonyl (C=O) groups excluding carboxylic acids is 2. The molecule has 116 valence electrons. The fraction of sp³-hybridized carbons (Fsp3) is 0.467. The fourth-order valence-electron chi connectivity index (χ4n) is 1.57. The van der Waals surface area contributed by atoms with E-state index in [2.05, 4.69) is 5.32 Å². The van der Waals surface area contributed by atoms with Gasteiger partial charge in [0.2, 0.25) is 5.91 Å². The molecular weight excluding hydrogens is 288 g/mol. The number of ether oxygens (including phenoxy) is 1. The summed E-state index contributed by atoms with van der Waals surface area (Å²) in [6.45, 7) is 7.28. The molecule has 0 saturated heterocycles. The van der Waals surface area contributed by atoms with Gasteiger partial charge in [-0.1, -0.05) is 6.07 Å². The number of rotatable bonds is 5. The molecule has 0 heterocycles. The van der Waals surface area contributed by atoms with Gasteiger partial charge in [0.1, 0.15) is 5.60 Å². The molecule has 0 atom stereocenters. The van der Waals surface area contributed by atoms with Crippen molar-refractivity contribution in [1.82, 2.24) is 0 Å². The Hall–Kier alpha value is -1.69. The Morgan fingerprint density at radius 1 is 1.29 bits per heavy atom. The van der Waals surface area contributed by atoms with Gasteiger partial charge in [-0.25, -0.2) is 0 Å². The van der Waals surface area contributed by atoms with Crippen molar-refractivity contribution in [2.75, 3.05) is 22.6 Å². The number of nitrogens with one attached hydrogen (secondary N) is 1. The number of anilines is 2. The van der Waals surface area contributed by atoms with Gasteiger partial charge in [0.05, 0.1) is 11.5 Å². The summed E-state index contributed by atoms with van der Waals surface area (Å²) >= 11 is 1.22. The van der Waals surface area contributed by atoms with E-state index in [0.29, 0.717) is 11.4 Å². The number of thioether (sulfide) groups is 1. The summed E-state index contributed by atoms with van der Waals surface area (Å²) in [5, 5.41) is 2.78. The van der Waals surface area contributed by atoms with E-state index in [9.17, 15) is 9.59 Å². The second kappa shape index (κ2) is 7.36. The van der Waals surface area contributed by atoms with Crippen molar-refractivity contribution in [3.63, 3.8) is 0 Å². The van der Waals surface area contributed by atoms with E-state index in [4.69, 9.17) is 10.5 Å². The Kier molecular flexibility index (Phi) is 6.08. The van der Waals surface area contributed by atoms with Crippen LogP contribution in [0, 0.1) is 6.92 Å². The Morgan fingerprint density at radius 2 is 1.95 bits per heavy atom. The zero-order valence-corrected chi connectivity index (χ0v) is 13.7. The van der Waals surface area contributed by atoms with Crippen LogP contribution >= 0.6 is 11.8 Å². The second-order valence-corrected chi connectivity index (χ2v) is 6.63. The Morgan fingerprint density at radius 3 is 2.57 bits per heavy atom. The normalized spacial score (nSPS) is 11.0. The molecule has 0 aliphatic rings. The standard InChI is InChI=1S/C15H22N2O3S/c1-10-11(16)6-5-7-12(10)17-13(18)8-21-9-14(19)20-15(2,3)4/h5-7H,8-9,16H2,1-4H3,(H,17,18). The molecule has 3 N–H and O–H groups in total. The van der Waals surface area contributed by atoms with Crippen molar-refractivity contribution in [3.8, 4) is 0 Å². The van der Waals surface area contributed by atoms with Crippen LogP contribution in [-0.2, 0) is 14.3 Å². The molecule has 1 amide bonds. The molecular formula is C15H22N2O3S. The minimum absolute atomic E-state index is 0.153. The van der Waals surface area contributed by atoms with Crippen LogP contribution in [-0.4, -0.2) is 29.0 Å². The third-order valence-corrected chi connectivity index (χ3v) is 3.43. The lowest BCUT2D eigenvalue weighted by Crippen LogP contribution is -2.25. The quantitative estimate of drug-likeness (QED) is 0.645. The fourth-order valence-corrected chi connectivity index (χ4v) is 2.16. The van der Waals surface area contributed by atoms with Crippen LogP contribution < -0.4 is 11.1 Å². The average Bonchev–Trinajstić information content (AvgIpc) is 2.32. The van der Waals surface area contributed by atoms with E-state index >= 15 is 0 Å². The van der Waals surface area contributed by atoms with E-state index < -0.39 is 5.60 Å². The molecule has 21 heavy (non-hydrogen) atoms. The van der Waals surface area contributed by atoms with E-state index in [1.807, 2.05) is 27.7 Å². The summed E-state index contributed by atoms with van der Waals surface area (Å²) in [7, 11) is 0. The highest BCUT2D eigenvalue weighted by atomic mass is 32.2. The highest BCUT2D eigenvalue weighted by Crippen LogP contribution is 2.20. The molecule has 6 heteroatoms. The first kappa shape index (κ1) is 17.4. The van der Waals surface area contributed by atoms with Crippen LogP contribution in [0.15, 0.2) is 18.2 Å². The van der Waals surface area contributed by atoms with Crippen molar-refractivity contribution in [2.45, 2.75) is 33.3 Å². The van der Waals surface area contributed by atoms with Crippen molar-refractivity contribution in [1.29, 1.82) is 0 Å². The van der Waals surface area contributed by atoms with Crippen LogP contribution in [0.2, 0.25) is 0 Å². The number of carbonyl (C=O) groups is 2. The number of hydrogen-bond acceptors (Lipinski definition) is 5. The molecule has 0 fully saturated rings. The zero-order valence-electron chi connectivity index (χ0n) is 12.9. The van der Waals surface area contributed by atoms with E-state index in [1.54, 1.807) is 18.2 Å². The Bertz CT molecular complexity index is 524. The average molecular weight is 310 g/mol. The first-order chi connectivity index (χ1) is 9.69. The largest absolute Gasteiger partial charge is 0.459 e. The molecule has 0 aliphatic heterocycles. The summed E-state index contributed by atoms with van der Waals surface area (Å²) in [4.78, 5) is 23.3. The number of nitrogen functional groups attached to an aromatic ring is 1. The van der Waals surface area contributed by atoms with Crippen LogP contribution in [0.1, 0.15) is 26.3 Å². The third kappa shape index (κ3) is 6.53. The number of esters is 1. The van der Waals surface area contributed by atoms with Gasteiger partial charge in [0, 0.05) is 11.4 Å². The molecule has 5 nitrogen and oxygen atoms in total. The topological polar surface area (TPSA) is 81.4 Å². The van der Waals surface area contributed by atoms with Crippen molar-refractivity contribution in [3.05, 3.63) is 23.8 Å². The summed E-state index contributed by atoms with van der Waals surface area (Å²) < 4.78 is 5.16. The molecule has 0 aliphatic carbocycles. The van der Waals surface area contributed by atoms with E-state index in [1.165, 1.54) is 11.8 Å². The molecule has 0 bridgehead atoms. The van der Waals surface area contributed by atoms with Gasteiger partial charge >= 0.3 is 5.97 Å². The van der Waals surface area contributed by atoms with Crippen LogP contribution in [0.5, 0.6) is 0 Å². The summed E-state index contributed by atoms with van der Waals surface area (Å²) in [5.74, 6) is -0.147. The van der Waals surface area contributed by atoms with Gasteiger partial charge in [-0.05, 0) is 45.4 Å². The molecule has 0 aromatic heterocycles. The van der Waals surface area contributed by atoms with Crippen molar-refractivity contribution >= 4 is 35.0 Å². The number of amides is 1. The predicted octanol–water partition coefficient (Wildman–Crippen LogP) is 2.59. The Balaban J connectivity index is 2.38. The number of hydrogen-bond donors (Lipinski definition) is 2. The number of nitrogens with two attached hydrogens (primary N) is 1. The summed E-state index contributed by atoms with van der Waals surface area (Å²) in [6.07, 6.45) is 0. The maximum absolute atomic E-state index is 11.8. The van der Waals surface area contributed by atoms with Crippen LogP contribution in [0.3, 0.4) is 0 Å². The maximum atomic E-state index is 11.8. The smallest absolute Gasteiger partial charge is 0.316 e. The molecule has 0 spiro atoms. The van der Waals surface area contributed by atoms with Gasteiger partial charge in [0.15, 0.2) is 0 Å². The first-order valence-corrected chi connectivity index (χ1v) is 7.79. The molecule has 1 aromatic carbocycles. The van der Waals surface area contributed by atoms with E-state index in [0.717, 1.165) is 5.56 Å². The molecule has 0 saturated carbocycles. The van der Waals surface area contributed by atoms with Crippen LogP contribution in [0.4, 0.5) is 11.4 Å². The molecule has 1 aromatic rings. The molecule has 1 rings (SSSR count). The lowest BCUT2D eigenvalue weighted by Gasteiger charge is -2.19. The minimum Gasteiger partial charge on any atom is -0.459 e. The van der Waals surface area contributed by atoms with Crippen molar-refractivity contribution in [2.24, 2.45) is 0 Å². The van der Waals surface area contributed by atoms with Gasteiger partial charge in [-0.15, -0.1) is 11.8 Å². The minimum atomic E-state index is -0.501. The molecule has 0 radical (unpaired) electrons. The Labute approximate surface area is 129 Å². The van der Waals surface area contributed by atoms with Crippen molar-refractivity contribution < 1.29 is 14.3 Å². The SMILES string of the molecule is Cc1c(N)cccc1NC(=O)CSCC(=O)OC(C)(C)C. The zero-order chi connectivity index (χ0) is 16.0. The lowest BCUT2D eigenvalue weighted by atomic mass is 10.1. The van der Waals surface area contributed by atoms with Gasteiger partial charge in [-0.2, -0.15) is 0 Å². The first-order valence-electron chi connectivity index (χ1n) is 6.63. The van der Waals surface area contributed by atoms with Crippen LogP contribution in [0.25, 0.3) is 0 Å². The van der Waals surface area contributed by atoms with Gasteiger partial charge in [0.25, 0.3) is 0 Å². The highest BCUT2D eigenvalue weighted by Gasteiger charge is 2.16. The second-order valence-electron chi connectivity index (χ2n) is 5.65. The highest BCUT2D eigenvalue weighted by molar-refractivity contribution is 8.00. The predicted molar refractivity (Wildman–Crippen MR) is 87.4 cm³/mol. The summed E-state index contributed by atoms with van der Waals surface area (Å²) in [6, 6.07) is 5.36.